The first-order valence-corrected chi connectivity index (χ1v) is 9.53. The maximum atomic E-state index is 11.9. The first-order valence-electron chi connectivity index (χ1n) is 8.55. The molecule has 1 N–H and O–H groups in total. The molecule has 0 radical (unpaired) electrons. The Balaban J connectivity index is 2.19. The van der Waals surface area contributed by atoms with Gasteiger partial charge in [0.2, 0.25) is 5.91 Å². The van der Waals surface area contributed by atoms with Crippen LogP contribution in [0.3, 0.4) is 0 Å². The van der Waals surface area contributed by atoms with E-state index in [4.69, 9.17) is 4.74 Å². The fourth-order valence-corrected chi connectivity index (χ4v) is 3.14. The normalized spacial score (nSPS) is 10.9. The van der Waals surface area contributed by atoms with Crippen molar-refractivity contribution in [2.24, 2.45) is 0 Å². The number of carbonyl (C=O) groups excluding carboxylic acids is 1. The molecule has 0 saturated heterocycles. The quantitative estimate of drug-likeness (QED) is 0.693. The molecule has 0 fully saturated rings. The van der Waals surface area contributed by atoms with Crippen molar-refractivity contribution in [3.05, 3.63) is 24.3 Å². The lowest BCUT2D eigenvalue weighted by molar-refractivity contribution is -0.119. The van der Waals surface area contributed by atoms with E-state index < -0.39 is 0 Å². The molecule has 25 heavy (non-hydrogen) atoms. The van der Waals surface area contributed by atoms with Gasteiger partial charge in [0.25, 0.3) is 0 Å². The average Bonchev–Trinajstić information content (AvgIpc) is 3.00. The fourth-order valence-electron chi connectivity index (χ4n) is 2.36. The molecule has 0 unspecified atom stereocenters. The second-order valence-corrected chi connectivity index (χ2v) is 6.99. The summed E-state index contributed by atoms with van der Waals surface area (Å²) in [6, 6.07) is 7.92. The van der Waals surface area contributed by atoms with Crippen LogP contribution < -0.4 is 10.1 Å². The van der Waals surface area contributed by atoms with Crippen LogP contribution in [-0.4, -0.2) is 39.6 Å². The predicted molar refractivity (Wildman–Crippen MR) is 101 cm³/mol. The topological polar surface area (TPSA) is 69.0 Å². The summed E-state index contributed by atoms with van der Waals surface area (Å²) in [7, 11) is 1.65. The molecule has 7 heteroatoms. The number of nitrogens with one attached hydrogen (secondary N) is 1. The van der Waals surface area contributed by atoms with Gasteiger partial charge in [0, 0.05) is 18.2 Å². The lowest BCUT2D eigenvalue weighted by atomic mass is 10.2. The highest BCUT2D eigenvalue weighted by Gasteiger charge is 2.15. The first kappa shape index (κ1) is 19.3. The van der Waals surface area contributed by atoms with Crippen LogP contribution in [0.2, 0.25) is 0 Å². The zero-order valence-corrected chi connectivity index (χ0v) is 16.1. The molecular weight excluding hydrogens is 336 g/mol. The number of hydrogen-bond acceptors (Lipinski definition) is 5. The number of methoxy groups -OCH3 is 1. The minimum atomic E-state index is 0.0102. The fraction of sp³-hybridized carbons (Fsp3) is 0.500. The van der Waals surface area contributed by atoms with E-state index in [0.717, 1.165) is 41.7 Å². The minimum absolute atomic E-state index is 0.0102. The number of carbonyl (C=O) groups is 1. The molecule has 0 aliphatic heterocycles. The van der Waals surface area contributed by atoms with Crippen molar-refractivity contribution < 1.29 is 9.53 Å². The van der Waals surface area contributed by atoms with Gasteiger partial charge in [-0.25, -0.2) is 0 Å². The van der Waals surface area contributed by atoms with E-state index in [1.807, 2.05) is 38.1 Å². The number of amides is 1. The summed E-state index contributed by atoms with van der Waals surface area (Å²) < 4.78 is 7.31. The van der Waals surface area contributed by atoms with E-state index in [0.29, 0.717) is 5.75 Å². The zero-order valence-electron chi connectivity index (χ0n) is 15.3. The molecule has 1 heterocycles. The van der Waals surface area contributed by atoms with Crippen LogP contribution >= 0.6 is 11.8 Å². The Labute approximate surface area is 153 Å². The second-order valence-electron chi connectivity index (χ2n) is 6.05. The summed E-state index contributed by atoms with van der Waals surface area (Å²) in [4.78, 5) is 11.9. The lowest BCUT2D eigenvalue weighted by Gasteiger charge is -2.11. The van der Waals surface area contributed by atoms with Gasteiger partial charge in [-0.3, -0.25) is 4.79 Å². The Hall–Kier alpha value is -2.02. The van der Waals surface area contributed by atoms with Crippen molar-refractivity contribution in [3.63, 3.8) is 0 Å². The largest absolute Gasteiger partial charge is 0.497 e. The molecule has 2 aromatic rings. The van der Waals surface area contributed by atoms with Crippen LogP contribution in [0.25, 0.3) is 11.4 Å². The number of benzene rings is 1. The van der Waals surface area contributed by atoms with Crippen molar-refractivity contribution in [2.45, 2.75) is 51.4 Å². The maximum Gasteiger partial charge on any atom is 0.230 e. The third-order valence-corrected chi connectivity index (χ3v) is 4.55. The van der Waals surface area contributed by atoms with Gasteiger partial charge in [0.15, 0.2) is 11.0 Å². The molecule has 1 aromatic heterocycles. The maximum absolute atomic E-state index is 11.9. The van der Waals surface area contributed by atoms with Crippen molar-refractivity contribution in [2.75, 3.05) is 12.9 Å². The molecular formula is C18H26N4O2S. The Kier molecular flexibility index (Phi) is 7.31. The summed E-state index contributed by atoms with van der Waals surface area (Å²) in [5, 5.41) is 12.3. The number of thioether (sulfide) groups is 1. The highest BCUT2D eigenvalue weighted by molar-refractivity contribution is 7.99. The highest BCUT2D eigenvalue weighted by atomic mass is 32.2. The van der Waals surface area contributed by atoms with Crippen molar-refractivity contribution in [3.8, 4) is 17.1 Å². The molecule has 6 nitrogen and oxygen atoms in total. The van der Waals surface area contributed by atoms with E-state index in [1.54, 1.807) is 7.11 Å². The molecule has 1 amide bonds. The van der Waals surface area contributed by atoms with Gasteiger partial charge in [-0.15, -0.1) is 10.2 Å². The number of nitrogens with zero attached hydrogens (tertiary/aromatic N) is 3. The molecule has 1 aromatic carbocycles. The van der Waals surface area contributed by atoms with E-state index in [9.17, 15) is 4.79 Å². The molecule has 0 aliphatic rings. The molecule has 0 bridgehead atoms. The minimum Gasteiger partial charge on any atom is -0.497 e. The monoisotopic (exact) mass is 362 g/mol. The van der Waals surface area contributed by atoms with Crippen LogP contribution in [0, 0.1) is 0 Å². The average molecular weight is 362 g/mol. The first-order chi connectivity index (χ1) is 12.0. The Bertz CT molecular complexity index is 683. The van der Waals surface area contributed by atoms with Gasteiger partial charge < -0.3 is 14.6 Å². The second kappa shape index (κ2) is 9.46. The summed E-state index contributed by atoms with van der Waals surface area (Å²) in [5.41, 5.74) is 0.989. The number of ether oxygens (including phenoxy) is 1. The smallest absolute Gasteiger partial charge is 0.230 e. The Morgan fingerprint density at radius 2 is 2.00 bits per heavy atom. The van der Waals surface area contributed by atoms with Gasteiger partial charge in [0.05, 0.1) is 12.9 Å². The van der Waals surface area contributed by atoms with E-state index in [-0.39, 0.29) is 11.9 Å². The third-order valence-electron chi connectivity index (χ3n) is 3.58. The number of unbranched alkanes of at least 4 members (excludes halogenated alkanes) is 1. The van der Waals surface area contributed by atoms with E-state index >= 15 is 0 Å². The van der Waals surface area contributed by atoms with Crippen LogP contribution in [0.15, 0.2) is 29.4 Å². The summed E-state index contributed by atoms with van der Waals surface area (Å²) in [6.07, 6.45) is 2.12. The molecule has 0 saturated carbocycles. The van der Waals surface area contributed by atoms with Crippen molar-refractivity contribution >= 4 is 17.7 Å². The van der Waals surface area contributed by atoms with Crippen LogP contribution in [0.1, 0.15) is 33.6 Å². The van der Waals surface area contributed by atoms with Crippen LogP contribution in [0.4, 0.5) is 0 Å². The van der Waals surface area contributed by atoms with Crippen LogP contribution in [-0.2, 0) is 11.3 Å². The number of hydrogen-bond donors (Lipinski definition) is 1. The molecule has 0 atom stereocenters. The van der Waals surface area contributed by atoms with E-state index in [1.165, 1.54) is 11.8 Å². The van der Waals surface area contributed by atoms with Gasteiger partial charge in [-0.05, 0) is 44.5 Å². The third kappa shape index (κ3) is 5.49. The molecule has 0 spiro atoms. The molecule has 2 rings (SSSR count). The number of rotatable bonds is 9. The van der Waals surface area contributed by atoms with Gasteiger partial charge in [0.1, 0.15) is 5.75 Å². The SMILES string of the molecule is CCCCn1c(SCC(=O)NC(C)C)nnc1-c1ccc(OC)cc1. The summed E-state index contributed by atoms with van der Waals surface area (Å²) in [6.45, 7) is 6.89. The van der Waals surface area contributed by atoms with Crippen molar-refractivity contribution in [1.82, 2.24) is 20.1 Å². The van der Waals surface area contributed by atoms with Gasteiger partial charge in [-0.2, -0.15) is 0 Å². The lowest BCUT2D eigenvalue weighted by Crippen LogP contribution is -2.31. The Morgan fingerprint density at radius 3 is 2.60 bits per heavy atom. The van der Waals surface area contributed by atoms with Crippen molar-refractivity contribution in [1.29, 1.82) is 0 Å². The predicted octanol–water partition coefficient (Wildman–Crippen LogP) is 3.37. The molecule has 0 aliphatic carbocycles. The standard InChI is InChI=1S/C18H26N4O2S/c1-5-6-11-22-17(14-7-9-15(24-4)10-8-14)20-21-18(22)25-12-16(23)19-13(2)3/h7-10,13H,5-6,11-12H2,1-4H3,(H,19,23). The summed E-state index contributed by atoms with van der Waals surface area (Å²) >= 11 is 1.42. The Morgan fingerprint density at radius 1 is 1.28 bits per heavy atom. The zero-order chi connectivity index (χ0) is 18.2. The highest BCUT2D eigenvalue weighted by Crippen LogP contribution is 2.26. The van der Waals surface area contributed by atoms with Gasteiger partial charge >= 0.3 is 0 Å². The molecule has 136 valence electrons. The van der Waals surface area contributed by atoms with Gasteiger partial charge in [-0.1, -0.05) is 25.1 Å². The number of aromatic nitrogens is 3. The van der Waals surface area contributed by atoms with Crippen LogP contribution in [0.5, 0.6) is 5.75 Å². The van der Waals surface area contributed by atoms with E-state index in [2.05, 4.69) is 27.0 Å². The summed E-state index contributed by atoms with van der Waals surface area (Å²) in [5.74, 6) is 1.98.